The first-order valence-electron chi connectivity index (χ1n) is 14.6. The number of carbonyl (C=O) groups excluding carboxylic acids is 2. The molecular weight excluding hydrogens is 663 g/mol. The van der Waals surface area contributed by atoms with E-state index in [1.807, 2.05) is 44.2 Å². The van der Waals surface area contributed by atoms with Gasteiger partial charge in [-0.25, -0.2) is 14.4 Å². The van der Waals surface area contributed by atoms with Gasteiger partial charge < -0.3 is 20.3 Å². The first kappa shape index (κ1) is 38.3. The number of ether oxygens (including phenoxy) is 2. The molecule has 1 fully saturated rings. The molecule has 1 aliphatic heterocycles. The third-order valence-corrected chi connectivity index (χ3v) is 10.4. The summed E-state index contributed by atoms with van der Waals surface area (Å²) in [4.78, 5) is 49.5. The normalized spacial score (nSPS) is 23.7. The maximum Gasteiger partial charge on any atom is 0.405 e. The van der Waals surface area contributed by atoms with E-state index in [0.717, 1.165) is 28.0 Å². The Balaban J connectivity index is 1.63. The van der Waals surface area contributed by atoms with Crippen LogP contribution in [0.4, 0.5) is 0 Å². The van der Waals surface area contributed by atoms with Gasteiger partial charge in [-0.1, -0.05) is 55.9 Å². The Morgan fingerprint density at radius 2 is 1.91 bits per heavy atom. The summed E-state index contributed by atoms with van der Waals surface area (Å²) in [5, 5.41) is 13.3. The monoisotopic (exact) mass is 704 g/mol. The molecule has 2 aromatic rings. The Bertz CT molecular complexity index is 1500. The van der Waals surface area contributed by atoms with Crippen LogP contribution < -0.4 is 22.1 Å². The number of ketones is 1. The van der Waals surface area contributed by atoms with Gasteiger partial charge in [-0.05, 0) is 32.3 Å². The van der Waals surface area contributed by atoms with E-state index < -0.39 is 60.6 Å². The number of rotatable bonds is 17. The molecule has 0 radical (unpaired) electrons. The van der Waals surface area contributed by atoms with E-state index in [2.05, 4.69) is 10.1 Å². The highest BCUT2D eigenvalue weighted by molar-refractivity contribution is 8.13. The fourth-order valence-corrected chi connectivity index (χ4v) is 6.78. The minimum atomic E-state index is -4.07. The van der Waals surface area contributed by atoms with E-state index in [4.69, 9.17) is 35.9 Å². The maximum atomic E-state index is 13.8. The zero-order chi connectivity index (χ0) is 34.3. The molecule has 0 bridgehead atoms. The molecule has 0 spiro atoms. The topological polar surface area (TPSA) is 201 Å². The molecule has 3 rings (SSSR count). The van der Waals surface area contributed by atoms with Crippen LogP contribution in [-0.2, 0) is 39.2 Å². The standard InChI is InChI=1S/C29H42ClN4O10PS/c1-18(2)23(31)20(35)16-41-28(3,4)26(38)46-14-13-42-45(40,32-15-19-9-7-6-8-10-19)43-17-21-24(37)29(5,30)25(44-21)34-12-11-22(36)33-27(34)39/h6-12,18,21,23-25,37H,13-17,31H2,1-5H3,(H,32,40)(H,33,36,39)/t21-,23+,24-,25-,29-,45?/m1/s1. The highest BCUT2D eigenvalue weighted by Crippen LogP contribution is 2.47. The fraction of sp³-hybridized carbons (Fsp3) is 0.586. The number of aliphatic hydroxyl groups is 1. The number of carbonyl (C=O) groups is 2. The number of halogens is 1. The molecule has 1 aliphatic rings. The molecule has 17 heteroatoms. The van der Waals surface area contributed by atoms with Crippen molar-refractivity contribution in [2.45, 2.75) is 76.1 Å². The van der Waals surface area contributed by atoms with Gasteiger partial charge in [-0.2, -0.15) is 0 Å². The van der Waals surface area contributed by atoms with Crippen molar-refractivity contribution in [3.63, 3.8) is 0 Å². The summed E-state index contributed by atoms with van der Waals surface area (Å²) in [5.41, 5.74) is 3.95. The Morgan fingerprint density at radius 3 is 2.54 bits per heavy atom. The molecular formula is C29H42ClN4O10PS. The number of hydrogen-bond acceptors (Lipinski definition) is 12. The van der Waals surface area contributed by atoms with Crippen LogP contribution in [-0.4, -0.2) is 79.9 Å². The Kier molecular flexibility index (Phi) is 13.6. The highest BCUT2D eigenvalue weighted by Gasteiger charge is 2.54. The number of nitrogens with zero attached hydrogens (tertiary/aromatic N) is 1. The van der Waals surface area contributed by atoms with Gasteiger partial charge in [0.15, 0.2) is 12.0 Å². The van der Waals surface area contributed by atoms with E-state index in [-0.39, 0.29) is 42.3 Å². The van der Waals surface area contributed by atoms with Crippen molar-refractivity contribution in [2.24, 2.45) is 11.7 Å². The molecule has 46 heavy (non-hydrogen) atoms. The van der Waals surface area contributed by atoms with E-state index in [1.165, 1.54) is 13.1 Å². The van der Waals surface area contributed by atoms with Crippen molar-refractivity contribution < 1.29 is 37.8 Å². The predicted molar refractivity (Wildman–Crippen MR) is 174 cm³/mol. The van der Waals surface area contributed by atoms with Crippen molar-refractivity contribution in [3.05, 3.63) is 69.0 Å². The van der Waals surface area contributed by atoms with Gasteiger partial charge in [0, 0.05) is 24.6 Å². The molecule has 1 aromatic heterocycles. The average Bonchev–Trinajstić information content (AvgIpc) is 3.23. The van der Waals surface area contributed by atoms with Crippen molar-refractivity contribution in [2.75, 3.05) is 25.6 Å². The Hall–Kier alpha value is -2.17. The number of alkyl halides is 1. The van der Waals surface area contributed by atoms with Gasteiger partial charge in [-0.15, -0.1) is 11.6 Å². The predicted octanol–water partition coefficient (Wildman–Crippen LogP) is 2.33. The molecule has 2 heterocycles. The number of thioether (sulfide) groups is 1. The SMILES string of the molecule is CC(C)[C@H](N)C(=O)COC(C)(C)C(=O)SCCOP(=O)(NCc1ccccc1)OC[C@H]1O[C@@H](n2ccc(=O)[nH]c2=O)[C@](C)(Cl)[C@@H]1O. The number of nitrogens with one attached hydrogen (secondary N) is 2. The van der Waals surface area contributed by atoms with Crippen LogP contribution in [0.3, 0.4) is 0 Å². The molecule has 1 saturated heterocycles. The number of nitrogens with two attached hydrogens (primary N) is 1. The Morgan fingerprint density at radius 1 is 1.24 bits per heavy atom. The van der Waals surface area contributed by atoms with Crippen molar-refractivity contribution in [3.8, 4) is 0 Å². The first-order valence-corrected chi connectivity index (χ1v) is 17.5. The zero-order valence-electron chi connectivity index (χ0n) is 26.3. The number of aromatic amines is 1. The minimum Gasteiger partial charge on any atom is -0.388 e. The number of aromatic nitrogens is 2. The third-order valence-electron chi connectivity index (χ3n) is 7.28. The van der Waals surface area contributed by atoms with Crippen LogP contribution in [0.25, 0.3) is 0 Å². The van der Waals surface area contributed by atoms with Gasteiger partial charge in [0.05, 0.1) is 19.3 Å². The Labute approximate surface area is 276 Å². The maximum absolute atomic E-state index is 13.8. The highest BCUT2D eigenvalue weighted by atomic mass is 35.5. The quantitative estimate of drug-likeness (QED) is 0.106. The summed E-state index contributed by atoms with van der Waals surface area (Å²) < 4.78 is 37.6. The summed E-state index contributed by atoms with van der Waals surface area (Å²) in [7, 11) is -4.07. The molecule has 0 aliphatic carbocycles. The molecule has 14 nitrogen and oxygen atoms in total. The lowest BCUT2D eigenvalue weighted by atomic mass is 10.0. The lowest BCUT2D eigenvalue weighted by Gasteiger charge is -2.26. The second-order valence-corrected chi connectivity index (χ2v) is 15.5. The van der Waals surface area contributed by atoms with E-state index in [0.29, 0.717) is 0 Å². The first-order chi connectivity index (χ1) is 21.5. The van der Waals surface area contributed by atoms with Gasteiger partial charge in [0.25, 0.3) is 5.56 Å². The van der Waals surface area contributed by atoms with Gasteiger partial charge in [-0.3, -0.25) is 33.0 Å². The van der Waals surface area contributed by atoms with E-state index >= 15 is 0 Å². The van der Waals surface area contributed by atoms with Crippen molar-refractivity contribution >= 4 is 42.0 Å². The summed E-state index contributed by atoms with van der Waals surface area (Å²) in [5.74, 6) is -0.306. The summed E-state index contributed by atoms with van der Waals surface area (Å²) in [6.07, 6.45) is -2.51. The van der Waals surface area contributed by atoms with Gasteiger partial charge in [0.1, 0.15) is 29.3 Å². The van der Waals surface area contributed by atoms with Crippen LogP contribution in [0, 0.1) is 5.92 Å². The van der Waals surface area contributed by atoms with Crippen LogP contribution in [0.5, 0.6) is 0 Å². The molecule has 1 aromatic carbocycles. The molecule has 256 valence electrons. The van der Waals surface area contributed by atoms with Gasteiger partial charge in [0.2, 0.25) is 5.12 Å². The zero-order valence-corrected chi connectivity index (χ0v) is 28.8. The van der Waals surface area contributed by atoms with Crippen molar-refractivity contribution in [1.29, 1.82) is 0 Å². The number of H-pyrrole nitrogens is 1. The van der Waals surface area contributed by atoms with Crippen LogP contribution in [0.1, 0.15) is 46.4 Å². The van der Waals surface area contributed by atoms with Crippen molar-refractivity contribution in [1.82, 2.24) is 14.6 Å². The van der Waals surface area contributed by atoms with E-state index in [9.17, 15) is 28.8 Å². The molecule has 0 saturated carbocycles. The van der Waals surface area contributed by atoms with Crippen LogP contribution >= 0.6 is 31.1 Å². The number of benzene rings is 1. The summed E-state index contributed by atoms with van der Waals surface area (Å²) in [6.45, 7) is 7.34. The molecule has 0 amide bonds. The minimum absolute atomic E-state index is 0.0699. The lowest BCUT2D eigenvalue weighted by Crippen LogP contribution is -2.43. The summed E-state index contributed by atoms with van der Waals surface area (Å²) >= 11 is 7.46. The lowest BCUT2D eigenvalue weighted by molar-refractivity contribution is -0.139. The molecule has 6 atom stereocenters. The van der Waals surface area contributed by atoms with Gasteiger partial charge >= 0.3 is 13.4 Å². The smallest absolute Gasteiger partial charge is 0.388 e. The fourth-order valence-electron chi connectivity index (χ4n) is 4.29. The number of Topliss-reactive ketones (excluding diaryl/α,β-unsaturated/α-hetero) is 1. The molecule has 5 N–H and O–H groups in total. The van der Waals surface area contributed by atoms with E-state index in [1.54, 1.807) is 13.8 Å². The second-order valence-electron chi connectivity index (χ2n) is 11.8. The van der Waals surface area contributed by atoms with Crippen LogP contribution in [0.2, 0.25) is 0 Å². The second kappa shape index (κ2) is 16.3. The third kappa shape index (κ3) is 10.2. The van der Waals surface area contributed by atoms with Crippen LogP contribution in [0.15, 0.2) is 52.2 Å². The largest absolute Gasteiger partial charge is 0.405 e. The number of aliphatic hydroxyl groups excluding tert-OH is 1. The molecule has 1 unspecified atom stereocenters. The number of hydrogen-bond donors (Lipinski definition) is 4. The summed E-state index contributed by atoms with van der Waals surface area (Å²) in [6, 6.07) is 9.48. The average molecular weight is 705 g/mol.